The maximum Gasteiger partial charge on any atom is 0.286 e. The Bertz CT molecular complexity index is 855. The van der Waals surface area contributed by atoms with Gasteiger partial charge in [-0.3, -0.25) is 9.69 Å². The van der Waals surface area contributed by atoms with E-state index in [0.29, 0.717) is 22.8 Å². The van der Waals surface area contributed by atoms with Gasteiger partial charge in [-0.1, -0.05) is 11.6 Å². The van der Waals surface area contributed by atoms with Crippen LogP contribution >= 0.6 is 11.6 Å². The zero-order valence-electron chi connectivity index (χ0n) is 14.1. The van der Waals surface area contributed by atoms with Crippen molar-refractivity contribution in [1.29, 1.82) is 5.26 Å². The molecule has 0 aliphatic heterocycles. The maximum absolute atomic E-state index is 12.3. The van der Waals surface area contributed by atoms with E-state index >= 15 is 0 Å². The van der Waals surface area contributed by atoms with Crippen LogP contribution in [0.25, 0.3) is 0 Å². The lowest BCUT2D eigenvalue weighted by atomic mass is 10.1. The van der Waals surface area contributed by atoms with Gasteiger partial charge in [-0.15, -0.1) is 0 Å². The number of hydrogen-bond acceptors (Lipinski definition) is 5. The van der Waals surface area contributed by atoms with Crippen molar-refractivity contribution in [1.82, 2.24) is 14.7 Å². The normalized spacial score (nSPS) is 10.7. The van der Waals surface area contributed by atoms with Crippen molar-refractivity contribution in [2.24, 2.45) is 0 Å². The summed E-state index contributed by atoms with van der Waals surface area (Å²) in [6.45, 7) is 4.29. The Morgan fingerprint density at radius 1 is 1.42 bits per heavy atom. The van der Waals surface area contributed by atoms with Crippen molar-refractivity contribution in [2.45, 2.75) is 27.1 Å². The lowest BCUT2D eigenvalue weighted by molar-refractivity contribution is 0.235. The molecule has 7 heteroatoms. The van der Waals surface area contributed by atoms with Gasteiger partial charge in [-0.25, -0.2) is 4.68 Å². The van der Waals surface area contributed by atoms with Crippen molar-refractivity contribution in [3.05, 3.63) is 56.0 Å². The zero-order valence-corrected chi connectivity index (χ0v) is 14.9. The second kappa shape index (κ2) is 7.47. The number of hydrogen-bond donors (Lipinski definition) is 0. The van der Waals surface area contributed by atoms with Crippen molar-refractivity contribution in [2.75, 3.05) is 14.2 Å². The summed E-state index contributed by atoms with van der Waals surface area (Å²) in [5.74, 6) is 0.726. The fourth-order valence-corrected chi connectivity index (χ4v) is 2.63. The van der Waals surface area contributed by atoms with Gasteiger partial charge in [0.1, 0.15) is 17.4 Å². The first-order valence-corrected chi connectivity index (χ1v) is 7.74. The van der Waals surface area contributed by atoms with E-state index in [4.69, 9.17) is 16.3 Å². The zero-order chi connectivity index (χ0) is 17.9. The lowest BCUT2D eigenvalue weighted by Gasteiger charge is -2.20. The van der Waals surface area contributed by atoms with E-state index in [9.17, 15) is 10.1 Å². The second-order valence-corrected chi connectivity index (χ2v) is 6.05. The first kappa shape index (κ1) is 18.0. The summed E-state index contributed by atoms with van der Waals surface area (Å²) in [6, 6.07) is 7.36. The third kappa shape index (κ3) is 3.75. The van der Waals surface area contributed by atoms with Crippen molar-refractivity contribution < 1.29 is 4.74 Å². The first-order valence-electron chi connectivity index (χ1n) is 7.36. The molecule has 0 radical (unpaired) electrons. The van der Waals surface area contributed by atoms with Gasteiger partial charge >= 0.3 is 0 Å². The fourth-order valence-electron chi connectivity index (χ4n) is 2.44. The summed E-state index contributed by atoms with van der Waals surface area (Å²) in [4.78, 5) is 14.2. The van der Waals surface area contributed by atoms with Crippen LogP contribution in [0.5, 0.6) is 5.75 Å². The van der Waals surface area contributed by atoms with E-state index in [-0.39, 0.29) is 17.8 Å². The van der Waals surface area contributed by atoms with Gasteiger partial charge in [0.2, 0.25) is 0 Å². The molecule has 2 rings (SSSR count). The number of benzene rings is 1. The molecule has 24 heavy (non-hydrogen) atoms. The van der Waals surface area contributed by atoms with Crippen molar-refractivity contribution >= 4 is 11.6 Å². The summed E-state index contributed by atoms with van der Waals surface area (Å²) in [6.07, 6.45) is 0. The molecule has 1 heterocycles. The average molecular weight is 347 g/mol. The molecule has 0 aliphatic rings. The number of ether oxygens (including phenoxy) is 1. The Morgan fingerprint density at radius 2 is 2.12 bits per heavy atom. The molecule has 0 bridgehead atoms. The number of aromatic nitrogens is 2. The van der Waals surface area contributed by atoms with Gasteiger partial charge in [-0.2, -0.15) is 10.4 Å². The molecule has 2 aromatic rings. The molecule has 0 aliphatic carbocycles. The lowest BCUT2D eigenvalue weighted by Crippen LogP contribution is -2.34. The Balaban J connectivity index is 2.27. The van der Waals surface area contributed by atoms with Crippen LogP contribution in [0.4, 0.5) is 0 Å². The average Bonchev–Trinajstić information content (AvgIpc) is 2.53. The molecule has 126 valence electrons. The SMILES string of the molecule is COc1ccc(Cl)cc1CN(C)Cn1nc(C)c(C)c(C#N)c1=O. The Kier molecular flexibility index (Phi) is 5.60. The minimum Gasteiger partial charge on any atom is -0.496 e. The van der Waals surface area contributed by atoms with E-state index in [2.05, 4.69) is 5.10 Å². The quantitative estimate of drug-likeness (QED) is 0.831. The molecule has 0 fully saturated rings. The van der Waals surface area contributed by atoms with E-state index < -0.39 is 0 Å². The van der Waals surface area contributed by atoms with Crippen LogP contribution in [-0.4, -0.2) is 28.8 Å². The molecular formula is C17H19ClN4O2. The molecule has 0 atom stereocenters. The highest BCUT2D eigenvalue weighted by Crippen LogP contribution is 2.23. The van der Waals surface area contributed by atoms with Gasteiger partial charge in [0.25, 0.3) is 5.56 Å². The standard InChI is InChI=1S/C17H19ClN4O2/c1-11-12(2)20-22(17(23)15(11)8-19)10-21(3)9-13-7-14(18)5-6-16(13)24-4/h5-7H,9-10H2,1-4H3. The molecule has 0 saturated carbocycles. The Labute approximate surface area is 145 Å². The number of nitriles is 1. The summed E-state index contributed by atoms with van der Waals surface area (Å²) < 4.78 is 6.64. The van der Waals surface area contributed by atoms with Crippen LogP contribution in [0.1, 0.15) is 22.4 Å². The molecule has 1 aromatic heterocycles. The molecule has 0 amide bonds. The van der Waals surface area contributed by atoms with E-state index in [0.717, 1.165) is 11.3 Å². The third-order valence-electron chi connectivity index (χ3n) is 3.81. The third-order valence-corrected chi connectivity index (χ3v) is 4.04. The number of rotatable bonds is 5. The maximum atomic E-state index is 12.3. The molecule has 0 spiro atoms. The minimum absolute atomic E-state index is 0.135. The van der Waals surface area contributed by atoms with E-state index in [1.54, 1.807) is 33.1 Å². The fraction of sp³-hybridized carbons (Fsp3) is 0.353. The van der Waals surface area contributed by atoms with Gasteiger partial charge in [0.05, 0.1) is 19.5 Å². The van der Waals surface area contributed by atoms with Gasteiger partial charge in [0.15, 0.2) is 0 Å². The van der Waals surface area contributed by atoms with Crippen LogP contribution in [0, 0.1) is 25.2 Å². The molecule has 0 unspecified atom stereocenters. The Hall–Kier alpha value is -2.36. The number of nitrogens with zero attached hydrogens (tertiary/aromatic N) is 4. The summed E-state index contributed by atoms with van der Waals surface area (Å²) in [5, 5.41) is 14.1. The van der Waals surface area contributed by atoms with Gasteiger partial charge < -0.3 is 4.74 Å². The highest BCUT2D eigenvalue weighted by molar-refractivity contribution is 6.30. The smallest absolute Gasteiger partial charge is 0.286 e. The molecule has 0 saturated heterocycles. The van der Waals surface area contributed by atoms with Crippen LogP contribution in [-0.2, 0) is 13.2 Å². The first-order chi connectivity index (χ1) is 11.4. The summed E-state index contributed by atoms with van der Waals surface area (Å²) >= 11 is 6.04. The van der Waals surface area contributed by atoms with Crippen molar-refractivity contribution in [3.63, 3.8) is 0 Å². The monoisotopic (exact) mass is 346 g/mol. The van der Waals surface area contributed by atoms with Gasteiger partial charge in [-0.05, 0) is 44.7 Å². The Morgan fingerprint density at radius 3 is 2.75 bits per heavy atom. The number of halogens is 1. The van der Waals surface area contributed by atoms with Crippen LogP contribution < -0.4 is 10.3 Å². The van der Waals surface area contributed by atoms with Crippen LogP contribution in [0.2, 0.25) is 5.02 Å². The molecule has 1 aromatic carbocycles. The summed E-state index contributed by atoms with van der Waals surface area (Å²) in [5.41, 5.74) is 1.95. The van der Waals surface area contributed by atoms with Gasteiger partial charge in [0, 0.05) is 17.1 Å². The van der Waals surface area contributed by atoms with E-state index in [1.165, 1.54) is 4.68 Å². The van der Waals surface area contributed by atoms with E-state index in [1.807, 2.05) is 24.1 Å². The highest BCUT2D eigenvalue weighted by atomic mass is 35.5. The molecular weight excluding hydrogens is 328 g/mol. The molecule has 0 N–H and O–H groups in total. The highest BCUT2D eigenvalue weighted by Gasteiger charge is 2.14. The second-order valence-electron chi connectivity index (χ2n) is 5.61. The topological polar surface area (TPSA) is 71.2 Å². The number of methoxy groups -OCH3 is 1. The van der Waals surface area contributed by atoms with Crippen LogP contribution in [0.15, 0.2) is 23.0 Å². The molecule has 6 nitrogen and oxygen atoms in total. The van der Waals surface area contributed by atoms with Crippen LogP contribution in [0.3, 0.4) is 0 Å². The predicted octanol–water partition coefficient (Wildman–Crippen LogP) is 2.48. The summed E-state index contributed by atoms with van der Waals surface area (Å²) in [7, 11) is 3.46. The number of aryl methyl sites for hydroxylation is 1. The minimum atomic E-state index is -0.384. The predicted molar refractivity (Wildman–Crippen MR) is 92.2 cm³/mol. The largest absolute Gasteiger partial charge is 0.496 e. The van der Waals surface area contributed by atoms with Crippen molar-refractivity contribution in [3.8, 4) is 11.8 Å².